The molecule has 0 amide bonds. The number of ether oxygens (including phenoxy) is 2. The van der Waals surface area contributed by atoms with Crippen molar-refractivity contribution in [1.82, 2.24) is 9.47 Å². The number of esters is 1. The standard InChI is InChI=1S/C15H25N3O3/c1-4-17-5-6-20-13(9-17)10-21-15(19)14-7-12(16)8-18(14)11(2)3/h7-8,11,13H,4-6,9-10,16H2,1-3H3. The van der Waals surface area contributed by atoms with Crippen LogP contribution in [0.4, 0.5) is 5.69 Å². The SMILES string of the molecule is CCN1CCOC(COC(=O)c2cc(N)cn2C(C)C)C1. The molecular weight excluding hydrogens is 270 g/mol. The van der Waals surface area contributed by atoms with Crippen molar-refractivity contribution < 1.29 is 14.3 Å². The molecule has 1 atom stereocenters. The number of nitrogens with two attached hydrogens (primary N) is 1. The molecule has 0 bridgehead atoms. The molecule has 1 aliphatic heterocycles. The molecule has 2 N–H and O–H groups in total. The molecule has 1 aromatic rings. The number of hydrogen-bond acceptors (Lipinski definition) is 5. The highest BCUT2D eigenvalue weighted by molar-refractivity contribution is 5.89. The van der Waals surface area contributed by atoms with E-state index < -0.39 is 0 Å². The van der Waals surface area contributed by atoms with E-state index in [1.165, 1.54) is 0 Å². The van der Waals surface area contributed by atoms with Gasteiger partial charge in [-0.1, -0.05) is 6.92 Å². The first kappa shape index (κ1) is 15.9. The lowest BCUT2D eigenvalue weighted by Gasteiger charge is -2.31. The smallest absolute Gasteiger partial charge is 0.355 e. The fourth-order valence-corrected chi connectivity index (χ4v) is 2.50. The fraction of sp³-hybridized carbons (Fsp3) is 0.667. The van der Waals surface area contributed by atoms with E-state index in [0.717, 1.165) is 19.6 Å². The molecule has 6 heteroatoms. The summed E-state index contributed by atoms with van der Waals surface area (Å²) in [5, 5.41) is 0. The third kappa shape index (κ3) is 3.98. The second-order valence-electron chi connectivity index (χ2n) is 5.64. The van der Waals surface area contributed by atoms with E-state index in [4.69, 9.17) is 15.2 Å². The Balaban J connectivity index is 1.93. The number of nitrogens with zero attached hydrogens (tertiary/aromatic N) is 2. The number of hydrogen-bond donors (Lipinski definition) is 1. The molecule has 0 radical (unpaired) electrons. The molecule has 1 unspecified atom stereocenters. The highest BCUT2D eigenvalue weighted by atomic mass is 16.6. The van der Waals surface area contributed by atoms with Crippen LogP contribution in [-0.4, -0.2) is 54.4 Å². The zero-order valence-corrected chi connectivity index (χ0v) is 13.0. The minimum atomic E-state index is -0.349. The Kier molecular flexibility index (Phi) is 5.25. The van der Waals surface area contributed by atoms with Gasteiger partial charge >= 0.3 is 5.97 Å². The summed E-state index contributed by atoms with van der Waals surface area (Å²) in [5.74, 6) is -0.349. The molecule has 2 heterocycles. The van der Waals surface area contributed by atoms with Gasteiger partial charge in [-0.15, -0.1) is 0 Å². The van der Waals surface area contributed by atoms with Gasteiger partial charge in [-0.2, -0.15) is 0 Å². The summed E-state index contributed by atoms with van der Waals surface area (Å²) < 4.78 is 12.9. The summed E-state index contributed by atoms with van der Waals surface area (Å²) in [5.41, 5.74) is 6.83. The highest BCUT2D eigenvalue weighted by Gasteiger charge is 2.22. The van der Waals surface area contributed by atoms with E-state index in [2.05, 4.69) is 11.8 Å². The minimum Gasteiger partial charge on any atom is -0.458 e. The maximum Gasteiger partial charge on any atom is 0.355 e. The van der Waals surface area contributed by atoms with Crippen LogP contribution in [0, 0.1) is 0 Å². The topological polar surface area (TPSA) is 69.7 Å². The van der Waals surface area contributed by atoms with Crippen molar-refractivity contribution in [3.63, 3.8) is 0 Å². The van der Waals surface area contributed by atoms with E-state index in [-0.39, 0.29) is 24.7 Å². The van der Waals surface area contributed by atoms with Gasteiger partial charge in [0.2, 0.25) is 0 Å². The lowest BCUT2D eigenvalue weighted by molar-refractivity contribution is -0.0580. The van der Waals surface area contributed by atoms with Crippen LogP contribution in [0.25, 0.3) is 0 Å². The van der Waals surface area contributed by atoms with Crippen molar-refractivity contribution in [2.45, 2.75) is 32.9 Å². The number of likely N-dealkylation sites (N-methyl/N-ethyl adjacent to an activating group) is 1. The molecular formula is C15H25N3O3. The summed E-state index contributed by atoms with van der Waals surface area (Å²) in [4.78, 5) is 14.5. The molecule has 0 aliphatic carbocycles. The van der Waals surface area contributed by atoms with E-state index in [1.807, 2.05) is 18.4 Å². The monoisotopic (exact) mass is 295 g/mol. The van der Waals surface area contributed by atoms with Crippen LogP contribution in [0.2, 0.25) is 0 Å². The molecule has 118 valence electrons. The fourth-order valence-electron chi connectivity index (χ4n) is 2.50. The van der Waals surface area contributed by atoms with Gasteiger partial charge in [0.05, 0.1) is 12.3 Å². The Morgan fingerprint density at radius 3 is 3.00 bits per heavy atom. The molecule has 1 saturated heterocycles. The molecule has 2 rings (SSSR count). The largest absolute Gasteiger partial charge is 0.458 e. The van der Waals surface area contributed by atoms with Crippen molar-refractivity contribution >= 4 is 11.7 Å². The first-order valence-corrected chi connectivity index (χ1v) is 7.49. The van der Waals surface area contributed by atoms with E-state index in [0.29, 0.717) is 18.0 Å². The lowest BCUT2D eigenvalue weighted by atomic mass is 10.3. The number of morpholine rings is 1. The van der Waals surface area contributed by atoms with Gasteiger partial charge in [0.15, 0.2) is 0 Å². The van der Waals surface area contributed by atoms with Crippen molar-refractivity contribution in [3.05, 3.63) is 18.0 Å². The Morgan fingerprint density at radius 1 is 1.57 bits per heavy atom. The van der Waals surface area contributed by atoms with E-state index >= 15 is 0 Å². The van der Waals surface area contributed by atoms with Crippen LogP contribution in [0.3, 0.4) is 0 Å². The minimum absolute atomic E-state index is 0.0533. The molecule has 6 nitrogen and oxygen atoms in total. The number of aromatic nitrogens is 1. The van der Waals surface area contributed by atoms with Crippen molar-refractivity contribution in [1.29, 1.82) is 0 Å². The number of anilines is 1. The quantitative estimate of drug-likeness (QED) is 0.834. The van der Waals surface area contributed by atoms with Gasteiger partial charge in [-0.25, -0.2) is 4.79 Å². The van der Waals surface area contributed by atoms with Gasteiger partial charge < -0.3 is 19.8 Å². The van der Waals surface area contributed by atoms with Crippen molar-refractivity contribution in [2.75, 3.05) is 38.6 Å². The Morgan fingerprint density at radius 2 is 2.33 bits per heavy atom. The Labute approximate surface area is 125 Å². The lowest BCUT2D eigenvalue weighted by Crippen LogP contribution is -2.44. The van der Waals surface area contributed by atoms with Gasteiger partial charge in [0.25, 0.3) is 0 Å². The van der Waals surface area contributed by atoms with Crippen LogP contribution >= 0.6 is 0 Å². The number of nitrogen functional groups attached to an aromatic ring is 1. The third-order valence-corrected chi connectivity index (χ3v) is 3.71. The maximum atomic E-state index is 12.2. The molecule has 0 aromatic carbocycles. The van der Waals surface area contributed by atoms with E-state index in [9.17, 15) is 4.79 Å². The third-order valence-electron chi connectivity index (χ3n) is 3.71. The van der Waals surface area contributed by atoms with Crippen LogP contribution in [0.5, 0.6) is 0 Å². The predicted octanol–water partition coefficient (Wildman–Crippen LogP) is 1.53. The zero-order valence-electron chi connectivity index (χ0n) is 13.0. The van der Waals surface area contributed by atoms with Crippen LogP contribution in [0.15, 0.2) is 12.3 Å². The summed E-state index contributed by atoms with van der Waals surface area (Å²) in [6, 6.07) is 1.81. The predicted molar refractivity (Wildman–Crippen MR) is 81.4 cm³/mol. The maximum absolute atomic E-state index is 12.2. The van der Waals surface area contributed by atoms with Crippen LogP contribution in [0.1, 0.15) is 37.3 Å². The second-order valence-corrected chi connectivity index (χ2v) is 5.64. The number of rotatable bonds is 5. The molecule has 0 spiro atoms. The first-order valence-electron chi connectivity index (χ1n) is 7.49. The molecule has 1 fully saturated rings. The summed E-state index contributed by atoms with van der Waals surface area (Å²) in [6.45, 7) is 9.81. The highest BCUT2D eigenvalue weighted by Crippen LogP contribution is 2.17. The number of carbonyl (C=O) groups excluding carboxylic acids is 1. The van der Waals surface area contributed by atoms with Gasteiger partial charge in [0, 0.05) is 25.3 Å². The van der Waals surface area contributed by atoms with Crippen molar-refractivity contribution in [3.8, 4) is 0 Å². The van der Waals surface area contributed by atoms with Crippen molar-refractivity contribution in [2.24, 2.45) is 0 Å². The first-order chi connectivity index (χ1) is 10.0. The van der Waals surface area contributed by atoms with Gasteiger partial charge in [0.1, 0.15) is 18.4 Å². The molecule has 0 saturated carbocycles. The molecule has 21 heavy (non-hydrogen) atoms. The van der Waals surface area contributed by atoms with Crippen LogP contribution < -0.4 is 5.73 Å². The number of carbonyl (C=O) groups is 1. The normalized spacial score (nSPS) is 19.9. The molecule has 1 aliphatic rings. The van der Waals surface area contributed by atoms with Gasteiger partial charge in [-0.05, 0) is 26.5 Å². The van der Waals surface area contributed by atoms with Gasteiger partial charge in [-0.3, -0.25) is 4.90 Å². The zero-order chi connectivity index (χ0) is 15.4. The summed E-state index contributed by atoms with van der Waals surface area (Å²) >= 11 is 0. The average Bonchev–Trinajstić information content (AvgIpc) is 2.87. The Hall–Kier alpha value is -1.53. The summed E-state index contributed by atoms with van der Waals surface area (Å²) in [7, 11) is 0. The second kappa shape index (κ2) is 6.95. The average molecular weight is 295 g/mol. The van der Waals surface area contributed by atoms with Crippen LogP contribution in [-0.2, 0) is 9.47 Å². The van der Waals surface area contributed by atoms with E-state index in [1.54, 1.807) is 12.3 Å². The Bertz CT molecular complexity index is 485. The summed E-state index contributed by atoms with van der Waals surface area (Å²) in [6.07, 6.45) is 1.71. The molecule has 1 aromatic heterocycles.